The molecule has 1 aliphatic carbocycles. The van der Waals surface area contributed by atoms with Crippen LogP contribution in [0.3, 0.4) is 0 Å². The van der Waals surface area contributed by atoms with Gasteiger partial charge in [-0.05, 0) is 67.2 Å². The summed E-state index contributed by atoms with van der Waals surface area (Å²) in [5.74, 6) is 0.387. The average molecular weight is 440 g/mol. The van der Waals surface area contributed by atoms with Crippen molar-refractivity contribution in [1.29, 1.82) is 0 Å². The van der Waals surface area contributed by atoms with E-state index in [1.54, 1.807) is 12.4 Å². The quantitative estimate of drug-likeness (QED) is 0.436. The summed E-state index contributed by atoms with van der Waals surface area (Å²) in [6.07, 6.45) is 6.15. The molecule has 0 spiro atoms. The molecule has 0 bridgehead atoms. The lowest BCUT2D eigenvalue weighted by Crippen LogP contribution is -2.38. The Kier molecular flexibility index (Phi) is 7.14. The Bertz CT molecular complexity index is 871. The zero-order chi connectivity index (χ0) is 20.9. The highest BCUT2D eigenvalue weighted by atomic mass is 35.5. The van der Waals surface area contributed by atoms with Crippen LogP contribution < -0.4 is 5.32 Å². The SMILES string of the molecule is FC(F)(F)c1ccc(Cl)cc1NC(=S)N(Cc1cccnc1)C[C@@H]1CC=CCC1. The van der Waals surface area contributed by atoms with E-state index in [1.165, 1.54) is 12.1 Å². The fourth-order valence-electron chi connectivity index (χ4n) is 3.33. The van der Waals surface area contributed by atoms with Crippen molar-refractivity contribution in [3.63, 3.8) is 0 Å². The molecule has 154 valence electrons. The zero-order valence-corrected chi connectivity index (χ0v) is 17.2. The van der Waals surface area contributed by atoms with E-state index in [0.717, 1.165) is 30.9 Å². The maximum atomic E-state index is 13.4. The third-order valence-corrected chi connectivity index (χ3v) is 5.36. The topological polar surface area (TPSA) is 28.2 Å². The molecular formula is C21H21ClF3N3S. The Hall–Kier alpha value is -2.12. The number of hydrogen-bond acceptors (Lipinski definition) is 2. The summed E-state index contributed by atoms with van der Waals surface area (Å²) in [6, 6.07) is 7.18. The molecule has 1 heterocycles. The van der Waals surface area contributed by atoms with Crippen LogP contribution in [-0.2, 0) is 12.7 Å². The number of hydrogen-bond donors (Lipinski definition) is 1. The maximum Gasteiger partial charge on any atom is 0.418 e. The number of nitrogens with zero attached hydrogens (tertiary/aromatic N) is 2. The van der Waals surface area contributed by atoms with E-state index in [0.29, 0.717) is 19.0 Å². The normalized spacial score (nSPS) is 16.5. The van der Waals surface area contributed by atoms with Crippen LogP contribution in [0.1, 0.15) is 30.4 Å². The molecule has 0 amide bonds. The second-order valence-electron chi connectivity index (χ2n) is 7.01. The van der Waals surface area contributed by atoms with Gasteiger partial charge in [-0.15, -0.1) is 0 Å². The first-order valence-corrected chi connectivity index (χ1v) is 10.1. The number of thiocarbonyl (C=S) groups is 1. The minimum atomic E-state index is -4.51. The molecule has 0 unspecified atom stereocenters. The van der Waals surface area contributed by atoms with Gasteiger partial charge in [0.05, 0.1) is 11.3 Å². The molecule has 1 atom stereocenters. The number of benzene rings is 1. The van der Waals surface area contributed by atoms with Crippen LogP contribution >= 0.6 is 23.8 Å². The van der Waals surface area contributed by atoms with Crippen molar-refractivity contribution in [2.24, 2.45) is 5.92 Å². The summed E-state index contributed by atoms with van der Waals surface area (Å²) in [6.45, 7) is 1.11. The summed E-state index contributed by atoms with van der Waals surface area (Å²) in [4.78, 5) is 6.02. The van der Waals surface area contributed by atoms with Crippen LogP contribution in [0.2, 0.25) is 5.02 Å². The van der Waals surface area contributed by atoms with Crippen molar-refractivity contribution < 1.29 is 13.2 Å². The number of rotatable bonds is 5. The number of anilines is 1. The lowest BCUT2D eigenvalue weighted by Gasteiger charge is -2.31. The number of allylic oxidation sites excluding steroid dienone is 2. The molecule has 8 heteroatoms. The van der Waals surface area contributed by atoms with Crippen LogP contribution in [0.4, 0.5) is 18.9 Å². The summed E-state index contributed by atoms with van der Waals surface area (Å²) in [5.41, 5.74) is -0.00829. The third-order valence-electron chi connectivity index (χ3n) is 4.77. The molecule has 29 heavy (non-hydrogen) atoms. The van der Waals surface area contributed by atoms with Gasteiger partial charge in [-0.1, -0.05) is 29.8 Å². The Balaban J connectivity index is 1.82. The standard InChI is InChI=1S/C21H21ClF3N3S/c22-17-8-9-18(21(23,24)25)19(11-17)27-20(29)28(13-15-5-2-1-3-6-15)14-16-7-4-10-26-12-16/h1-2,4,7-12,15H,3,5-6,13-14H2,(H,27,29)/t15-/m1/s1. The van der Waals surface area contributed by atoms with Gasteiger partial charge in [0.2, 0.25) is 0 Å². The first kappa shape index (κ1) is 21.6. The van der Waals surface area contributed by atoms with Crippen LogP contribution in [0.5, 0.6) is 0 Å². The predicted octanol–water partition coefficient (Wildman–Crippen LogP) is 6.31. The zero-order valence-electron chi connectivity index (χ0n) is 15.6. The Labute approximate surface area is 178 Å². The van der Waals surface area contributed by atoms with Crippen molar-refractivity contribution in [2.75, 3.05) is 11.9 Å². The highest BCUT2D eigenvalue weighted by molar-refractivity contribution is 7.80. The molecule has 0 fully saturated rings. The second-order valence-corrected chi connectivity index (χ2v) is 7.83. The van der Waals surface area contributed by atoms with Gasteiger partial charge < -0.3 is 10.2 Å². The molecule has 0 radical (unpaired) electrons. The van der Waals surface area contributed by atoms with Gasteiger partial charge in [0.25, 0.3) is 0 Å². The van der Waals surface area contributed by atoms with Crippen molar-refractivity contribution in [3.05, 3.63) is 71.0 Å². The highest BCUT2D eigenvalue weighted by Crippen LogP contribution is 2.36. The van der Waals surface area contributed by atoms with Gasteiger partial charge in [0, 0.05) is 30.5 Å². The Morgan fingerprint density at radius 3 is 2.76 bits per heavy atom. The molecule has 0 aliphatic heterocycles. The molecule has 1 N–H and O–H groups in total. The average Bonchev–Trinajstić information content (AvgIpc) is 2.68. The van der Waals surface area contributed by atoms with E-state index in [1.807, 2.05) is 17.0 Å². The Morgan fingerprint density at radius 1 is 1.28 bits per heavy atom. The lowest BCUT2D eigenvalue weighted by atomic mass is 9.94. The molecule has 0 saturated carbocycles. The van der Waals surface area contributed by atoms with Crippen molar-refractivity contribution in [2.45, 2.75) is 32.0 Å². The van der Waals surface area contributed by atoms with Crippen molar-refractivity contribution in [3.8, 4) is 0 Å². The molecule has 3 nitrogen and oxygen atoms in total. The molecular weight excluding hydrogens is 419 g/mol. The third kappa shape index (κ3) is 6.18. The van der Waals surface area contributed by atoms with Crippen molar-refractivity contribution in [1.82, 2.24) is 9.88 Å². The van der Waals surface area contributed by atoms with Gasteiger partial charge in [-0.3, -0.25) is 4.98 Å². The van der Waals surface area contributed by atoms with E-state index in [4.69, 9.17) is 23.8 Å². The fraction of sp³-hybridized carbons (Fsp3) is 0.333. The smallest absolute Gasteiger partial charge is 0.344 e. The number of aromatic nitrogens is 1. The first-order chi connectivity index (χ1) is 13.8. The van der Waals surface area contributed by atoms with Crippen molar-refractivity contribution >= 4 is 34.6 Å². The van der Waals surface area contributed by atoms with Crippen LogP contribution in [-0.4, -0.2) is 21.5 Å². The lowest BCUT2D eigenvalue weighted by molar-refractivity contribution is -0.136. The largest absolute Gasteiger partial charge is 0.418 e. The molecule has 3 rings (SSSR count). The number of halogens is 4. The summed E-state index contributed by atoms with van der Waals surface area (Å²) in [5, 5.41) is 3.22. The number of nitrogens with one attached hydrogen (secondary N) is 1. The van der Waals surface area contributed by atoms with Gasteiger partial charge in [-0.25, -0.2) is 0 Å². The second kappa shape index (κ2) is 9.59. The monoisotopic (exact) mass is 439 g/mol. The number of alkyl halides is 3. The van der Waals surface area contributed by atoms with Gasteiger partial charge >= 0.3 is 6.18 Å². The first-order valence-electron chi connectivity index (χ1n) is 9.29. The van der Waals surface area contributed by atoms with E-state index in [-0.39, 0.29) is 15.8 Å². The molecule has 1 aliphatic rings. The van der Waals surface area contributed by atoms with Crippen LogP contribution in [0, 0.1) is 5.92 Å². The minimum Gasteiger partial charge on any atom is -0.344 e. The van der Waals surface area contributed by atoms with Crippen LogP contribution in [0.15, 0.2) is 54.9 Å². The molecule has 1 aromatic heterocycles. The van der Waals surface area contributed by atoms with E-state index in [2.05, 4.69) is 22.5 Å². The van der Waals surface area contributed by atoms with Gasteiger partial charge in [0.1, 0.15) is 0 Å². The number of pyridine rings is 1. The summed E-state index contributed by atoms with van der Waals surface area (Å²) >= 11 is 11.5. The summed E-state index contributed by atoms with van der Waals surface area (Å²) in [7, 11) is 0. The van der Waals surface area contributed by atoms with Gasteiger partial charge in [-0.2, -0.15) is 13.2 Å². The fourth-order valence-corrected chi connectivity index (χ4v) is 3.75. The highest BCUT2D eigenvalue weighted by Gasteiger charge is 2.34. The molecule has 2 aromatic rings. The van der Waals surface area contributed by atoms with Crippen LogP contribution in [0.25, 0.3) is 0 Å². The van der Waals surface area contributed by atoms with E-state index >= 15 is 0 Å². The molecule has 1 aromatic carbocycles. The molecule has 0 saturated heterocycles. The minimum absolute atomic E-state index is 0.144. The summed E-state index contributed by atoms with van der Waals surface area (Å²) < 4.78 is 40.2. The van der Waals surface area contributed by atoms with E-state index in [9.17, 15) is 13.2 Å². The predicted molar refractivity (Wildman–Crippen MR) is 114 cm³/mol. The van der Waals surface area contributed by atoms with E-state index < -0.39 is 11.7 Å². The Morgan fingerprint density at radius 2 is 2.10 bits per heavy atom. The van der Waals surface area contributed by atoms with Gasteiger partial charge in [0.15, 0.2) is 5.11 Å². The maximum absolute atomic E-state index is 13.4.